The third kappa shape index (κ3) is 13.4. The van der Waals surface area contributed by atoms with Gasteiger partial charge in [-0.25, -0.2) is 18.2 Å². The monoisotopic (exact) mass is 1090 g/mol. The van der Waals surface area contributed by atoms with Gasteiger partial charge in [0.25, 0.3) is 5.91 Å². The zero-order chi connectivity index (χ0) is 55.9. The number of carbonyl (C=O) groups is 4. The van der Waals surface area contributed by atoms with Crippen LogP contribution >= 0.6 is 0 Å². The molecule has 5 N–H and O–H groups in total. The van der Waals surface area contributed by atoms with Crippen LogP contribution in [0.2, 0.25) is 0 Å². The van der Waals surface area contributed by atoms with Crippen LogP contribution in [-0.2, 0) is 54.8 Å². The van der Waals surface area contributed by atoms with Gasteiger partial charge in [-0.3, -0.25) is 23.7 Å². The Morgan fingerprint density at radius 3 is 1.94 bits per heavy atom. The number of hydrogen-bond acceptors (Lipinski definition) is 12. The summed E-state index contributed by atoms with van der Waals surface area (Å²) in [5, 5.41) is 11.7. The molecule has 2 aromatic heterocycles. The molecule has 0 radical (unpaired) electrons. The van der Waals surface area contributed by atoms with E-state index in [0.717, 1.165) is 34.9 Å². The smallest absolute Gasteiger partial charge is 0.407 e. The summed E-state index contributed by atoms with van der Waals surface area (Å²) in [6.45, 7) is 3.60. The number of carbonyl (C=O) groups excluding carboxylic acids is 4. The SMILES string of the molecule is COC(=O)C(CNC(=O)c1cn(C)c2cc(CNc3nccn3C(c3ccccc3)(c3ccccc3)c3ccccc3)ccc2c1=O)NS(=O)(=O)c1c(C)cc(OCCCC(=O)NCCNC(=O)OCc2ccccc2)cc1C. The molecular weight excluding hydrogens is 1020 g/mol. The fraction of sp³-hybridized carbons (Fsp3) is 0.233. The van der Waals surface area contributed by atoms with Crippen molar-refractivity contribution in [1.29, 1.82) is 0 Å². The first kappa shape index (κ1) is 56.1. The van der Waals surface area contributed by atoms with Crippen LogP contribution < -0.4 is 36.2 Å². The number of alkyl carbamates (subject to hydrolysis) is 1. The molecule has 408 valence electrons. The summed E-state index contributed by atoms with van der Waals surface area (Å²) in [5.41, 5.74) is 4.39. The topological polar surface area (TPSA) is 230 Å². The van der Waals surface area contributed by atoms with Crippen molar-refractivity contribution in [3.8, 4) is 5.75 Å². The van der Waals surface area contributed by atoms with Crippen molar-refractivity contribution in [2.45, 2.75) is 56.3 Å². The molecule has 0 aliphatic rings. The minimum absolute atomic E-state index is 0.111. The van der Waals surface area contributed by atoms with Gasteiger partial charge in [-0.2, -0.15) is 4.72 Å². The Kier molecular flexibility index (Phi) is 18.4. The number of aryl methyl sites for hydroxylation is 3. The van der Waals surface area contributed by atoms with E-state index in [1.54, 1.807) is 43.8 Å². The summed E-state index contributed by atoms with van der Waals surface area (Å²) in [5.74, 6) is -1.07. The number of anilines is 1. The van der Waals surface area contributed by atoms with Crippen molar-refractivity contribution in [3.63, 3.8) is 0 Å². The van der Waals surface area contributed by atoms with E-state index >= 15 is 0 Å². The first-order valence-corrected chi connectivity index (χ1v) is 27.1. The van der Waals surface area contributed by atoms with Gasteiger partial charge in [-0.05, 0) is 83.5 Å². The Labute approximate surface area is 458 Å². The average molecular weight is 1090 g/mol. The predicted molar refractivity (Wildman–Crippen MR) is 300 cm³/mol. The van der Waals surface area contributed by atoms with Crippen LogP contribution in [0, 0.1) is 13.8 Å². The molecule has 0 aliphatic carbocycles. The molecule has 1 atom stereocenters. The van der Waals surface area contributed by atoms with Crippen molar-refractivity contribution in [2.75, 3.05) is 38.7 Å². The second-order valence-corrected chi connectivity index (χ2v) is 20.4. The Morgan fingerprint density at radius 2 is 1.33 bits per heavy atom. The van der Waals surface area contributed by atoms with E-state index in [1.807, 2.05) is 97.2 Å². The van der Waals surface area contributed by atoms with E-state index in [2.05, 4.69) is 67.0 Å². The molecule has 79 heavy (non-hydrogen) atoms. The molecule has 19 heteroatoms. The van der Waals surface area contributed by atoms with Gasteiger partial charge in [0.15, 0.2) is 0 Å². The lowest BCUT2D eigenvalue weighted by Gasteiger charge is -2.38. The highest BCUT2D eigenvalue weighted by molar-refractivity contribution is 7.89. The minimum atomic E-state index is -4.41. The fourth-order valence-corrected chi connectivity index (χ4v) is 11.2. The van der Waals surface area contributed by atoms with E-state index in [1.165, 1.54) is 18.3 Å². The summed E-state index contributed by atoms with van der Waals surface area (Å²) >= 11 is 0. The third-order valence-electron chi connectivity index (χ3n) is 13.2. The van der Waals surface area contributed by atoms with Crippen LogP contribution in [0.4, 0.5) is 10.7 Å². The standard InChI is InChI=1S/C60H62N8O10S/c1-41-34-48(77-33-17-26-53(69)61-29-30-63-59(73)78-40-43-18-9-5-10-19-43)35-42(2)55(41)79(74,75)66-51(57(72)76-4)38-64-56(71)50-39-67(3)52-36-44(27-28-49(52)54(50)70)37-65-58-62-31-32-68(58)60(45-20-11-6-12-21-45,46-22-13-7-14-23-46)47-24-15-8-16-25-47/h5-16,18-25,27-28,31-32,34-36,39,51,66H,17,26,29-30,33,37-38,40H2,1-4H3,(H,61,69)(H,62,65)(H,63,73)(H,64,71). The van der Waals surface area contributed by atoms with Gasteiger partial charge >= 0.3 is 12.1 Å². The number of rotatable bonds is 24. The fourth-order valence-electron chi connectivity index (χ4n) is 9.56. The zero-order valence-electron chi connectivity index (χ0n) is 44.2. The highest BCUT2D eigenvalue weighted by Gasteiger charge is 2.40. The number of esters is 1. The van der Waals surface area contributed by atoms with Crippen LogP contribution in [-0.4, -0.2) is 85.8 Å². The molecule has 0 bridgehead atoms. The molecule has 1 unspecified atom stereocenters. The maximum absolute atomic E-state index is 14.0. The van der Waals surface area contributed by atoms with Gasteiger partial charge in [0.05, 0.1) is 24.1 Å². The number of amides is 3. The van der Waals surface area contributed by atoms with Crippen LogP contribution in [0.5, 0.6) is 5.75 Å². The van der Waals surface area contributed by atoms with Crippen molar-refractivity contribution in [3.05, 3.63) is 225 Å². The number of benzene rings is 6. The Bertz CT molecular complexity index is 3480. The molecule has 2 heterocycles. The van der Waals surface area contributed by atoms with Crippen LogP contribution in [0.3, 0.4) is 0 Å². The molecule has 0 saturated heterocycles. The number of hydrogen-bond donors (Lipinski definition) is 5. The van der Waals surface area contributed by atoms with Crippen LogP contribution in [0.25, 0.3) is 10.9 Å². The molecule has 0 aliphatic heterocycles. The average Bonchev–Trinajstić information content (AvgIpc) is 4.21. The maximum atomic E-state index is 14.0. The van der Waals surface area contributed by atoms with E-state index in [0.29, 0.717) is 41.3 Å². The number of nitrogens with one attached hydrogen (secondary N) is 5. The largest absolute Gasteiger partial charge is 0.494 e. The van der Waals surface area contributed by atoms with E-state index in [-0.39, 0.29) is 54.5 Å². The first-order chi connectivity index (χ1) is 38.2. The van der Waals surface area contributed by atoms with E-state index in [4.69, 9.17) is 19.2 Å². The summed E-state index contributed by atoms with van der Waals surface area (Å²) in [7, 11) is -1.61. The third-order valence-corrected chi connectivity index (χ3v) is 15.0. The van der Waals surface area contributed by atoms with Gasteiger partial charge in [0.2, 0.25) is 27.3 Å². The molecule has 6 aromatic carbocycles. The number of pyridine rings is 1. The summed E-state index contributed by atoms with van der Waals surface area (Å²) in [6, 6.07) is 46.8. The molecule has 18 nitrogen and oxygen atoms in total. The number of sulfonamides is 1. The second kappa shape index (κ2) is 25.8. The molecule has 8 aromatic rings. The Morgan fingerprint density at radius 1 is 0.734 bits per heavy atom. The summed E-state index contributed by atoms with van der Waals surface area (Å²) in [6.07, 6.45) is 5.02. The van der Waals surface area contributed by atoms with Gasteiger partial charge in [-0.15, -0.1) is 0 Å². The van der Waals surface area contributed by atoms with Gasteiger partial charge < -0.3 is 40.0 Å². The quantitative estimate of drug-likeness (QED) is 0.0229. The number of aromatic nitrogens is 3. The van der Waals surface area contributed by atoms with E-state index < -0.39 is 51.5 Å². The second-order valence-electron chi connectivity index (χ2n) is 18.7. The summed E-state index contributed by atoms with van der Waals surface area (Å²) in [4.78, 5) is 69.7. The van der Waals surface area contributed by atoms with E-state index in [9.17, 15) is 32.4 Å². The molecule has 8 rings (SSSR count). The normalized spacial score (nSPS) is 11.8. The maximum Gasteiger partial charge on any atom is 0.407 e. The Balaban J connectivity index is 0.872. The number of nitrogens with zero attached hydrogens (tertiary/aromatic N) is 3. The van der Waals surface area contributed by atoms with Crippen molar-refractivity contribution in [1.82, 2.24) is 34.8 Å². The molecule has 0 fully saturated rings. The number of methoxy groups -OCH3 is 1. The molecular formula is C60H62N8O10S. The molecule has 3 amide bonds. The minimum Gasteiger partial charge on any atom is -0.494 e. The van der Waals surface area contributed by atoms with Crippen LogP contribution in [0.1, 0.15) is 62.1 Å². The predicted octanol–water partition coefficient (Wildman–Crippen LogP) is 7.26. The number of ether oxygens (including phenoxy) is 3. The van der Waals surface area contributed by atoms with Gasteiger partial charge in [-0.1, -0.05) is 127 Å². The molecule has 0 saturated carbocycles. The lowest BCUT2D eigenvalue weighted by atomic mass is 9.76. The summed E-state index contributed by atoms with van der Waals surface area (Å²) < 4.78 is 49.9. The van der Waals surface area contributed by atoms with Crippen LogP contribution in [0.15, 0.2) is 180 Å². The van der Waals surface area contributed by atoms with Crippen molar-refractivity contribution in [2.24, 2.45) is 7.05 Å². The Hall–Kier alpha value is -9.07. The van der Waals surface area contributed by atoms with Crippen molar-refractivity contribution >= 4 is 50.8 Å². The first-order valence-electron chi connectivity index (χ1n) is 25.6. The number of imidazole rings is 1. The van der Waals surface area contributed by atoms with Crippen molar-refractivity contribution < 1.29 is 41.8 Å². The zero-order valence-corrected chi connectivity index (χ0v) is 45.0. The lowest BCUT2D eigenvalue weighted by molar-refractivity contribution is -0.142. The highest BCUT2D eigenvalue weighted by atomic mass is 32.2. The molecule has 0 spiro atoms. The van der Waals surface area contributed by atoms with Gasteiger partial charge in [0, 0.05) is 63.6 Å². The lowest BCUT2D eigenvalue weighted by Crippen LogP contribution is -2.49. The highest BCUT2D eigenvalue weighted by Crippen LogP contribution is 2.42. The number of fused-ring (bicyclic) bond motifs is 1. The van der Waals surface area contributed by atoms with Gasteiger partial charge in [0.1, 0.15) is 29.5 Å².